The summed E-state index contributed by atoms with van der Waals surface area (Å²) < 4.78 is 0. The van der Waals surface area contributed by atoms with Crippen molar-refractivity contribution in [1.82, 2.24) is 15.0 Å². The molecular weight excluding hydrogens is 282 g/mol. The van der Waals surface area contributed by atoms with Gasteiger partial charge in [0.1, 0.15) is 11.0 Å². The average Bonchev–Trinajstić information content (AvgIpc) is 3.02. The Balaban J connectivity index is 1.70. The molecule has 0 bridgehead atoms. The first-order valence-corrected chi connectivity index (χ1v) is 8.79. The second kappa shape index (κ2) is 7.91. The number of rotatable bonds is 8. The van der Waals surface area contributed by atoms with Gasteiger partial charge in [-0.1, -0.05) is 69.4 Å². The van der Waals surface area contributed by atoms with Crippen LogP contribution in [-0.2, 0) is 6.42 Å². The monoisotopic (exact) mass is 307 g/mol. The van der Waals surface area contributed by atoms with E-state index in [4.69, 9.17) is 0 Å². The average molecular weight is 307 g/mol. The van der Waals surface area contributed by atoms with Gasteiger partial charge in [0, 0.05) is 0 Å². The lowest BCUT2D eigenvalue weighted by Gasteiger charge is -2.08. The van der Waals surface area contributed by atoms with Crippen molar-refractivity contribution in [3.05, 3.63) is 54.1 Å². The van der Waals surface area contributed by atoms with Crippen LogP contribution >= 0.6 is 0 Å². The quantitative estimate of drug-likeness (QED) is 0.527. The van der Waals surface area contributed by atoms with Crippen LogP contribution in [0, 0.1) is 0 Å². The molecule has 3 heteroatoms. The summed E-state index contributed by atoms with van der Waals surface area (Å²) >= 11 is 0. The summed E-state index contributed by atoms with van der Waals surface area (Å²) in [5, 5.41) is 9.24. The highest BCUT2D eigenvalue weighted by atomic mass is 15.5. The highest BCUT2D eigenvalue weighted by Gasteiger charge is 2.08. The van der Waals surface area contributed by atoms with E-state index < -0.39 is 0 Å². The molecule has 0 amide bonds. The van der Waals surface area contributed by atoms with Gasteiger partial charge in [0.2, 0.25) is 0 Å². The van der Waals surface area contributed by atoms with Crippen LogP contribution in [-0.4, -0.2) is 15.0 Å². The third-order valence-corrected chi connectivity index (χ3v) is 4.29. The Morgan fingerprint density at radius 1 is 0.739 bits per heavy atom. The SMILES string of the molecule is CCCCCCCCc1ccccc1-n1nc2ccccc2n1. The van der Waals surface area contributed by atoms with E-state index in [2.05, 4.69) is 41.4 Å². The first kappa shape index (κ1) is 15.7. The molecule has 0 aliphatic heterocycles. The number of hydrogen-bond donors (Lipinski definition) is 0. The van der Waals surface area contributed by atoms with Crippen molar-refractivity contribution in [2.24, 2.45) is 0 Å². The summed E-state index contributed by atoms with van der Waals surface area (Å²) in [6.07, 6.45) is 9.02. The zero-order valence-corrected chi connectivity index (χ0v) is 13.9. The molecule has 0 fully saturated rings. The topological polar surface area (TPSA) is 30.7 Å². The number of para-hydroxylation sites is 1. The maximum atomic E-state index is 4.62. The fraction of sp³-hybridized carbons (Fsp3) is 0.400. The maximum absolute atomic E-state index is 4.62. The largest absolute Gasteiger partial charge is 0.150 e. The van der Waals surface area contributed by atoms with Crippen molar-refractivity contribution in [2.75, 3.05) is 0 Å². The van der Waals surface area contributed by atoms with Crippen LogP contribution in [0.3, 0.4) is 0 Å². The van der Waals surface area contributed by atoms with Crippen molar-refractivity contribution >= 4 is 11.0 Å². The summed E-state index contributed by atoms with van der Waals surface area (Å²) in [6, 6.07) is 16.5. The Morgan fingerprint density at radius 2 is 1.35 bits per heavy atom. The van der Waals surface area contributed by atoms with Crippen molar-refractivity contribution in [2.45, 2.75) is 51.9 Å². The highest BCUT2D eigenvalue weighted by molar-refractivity contribution is 5.73. The fourth-order valence-electron chi connectivity index (χ4n) is 2.98. The van der Waals surface area contributed by atoms with E-state index in [0.29, 0.717) is 0 Å². The number of unbranched alkanes of at least 4 members (excludes halogenated alkanes) is 5. The number of aryl methyl sites for hydroxylation is 1. The second-order valence-corrected chi connectivity index (χ2v) is 6.12. The van der Waals surface area contributed by atoms with E-state index in [-0.39, 0.29) is 0 Å². The van der Waals surface area contributed by atoms with Crippen molar-refractivity contribution < 1.29 is 0 Å². The molecule has 0 unspecified atom stereocenters. The van der Waals surface area contributed by atoms with Crippen LogP contribution in [0.4, 0.5) is 0 Å². The van der Waals surface area contributed by atoms with Gasteiger partial charge in [0.25, 0.3) is 0 Å². The molecule has 0 saturated heterocycles. The maximum Gasteiger partial charge on any atom is 0.113 e. The third kappa shape index (κ3) is 3.98. The molecule has 0 aliphatic carbocycles. The molecule has 0 saturated carbocycles. The number of aromatic nitrogens is 3. The molecule has 3 aromatic rings. The lowest BCUT2D eigenvalue weighted by molar-refractivity contribution is 0.605. The number of nitrogens with zero attached hydrogens (tertiary/aromatic N) is 3. The van der Waals surface area contributed by atoms with Crippen LogP contribution in [0.1, 0.15) is 51.0 Å². The smallest absolute Gasteiger partial charge is 0.113 e. The molecule has 3 rings (SSSR count). The van der Waals surface area contributed by atoms with Gasteiger partial charge in [-0.3, -0.25) is 0 Å². The van der Waals surface area contributed by atoms with Gasteiger partial charge in [0.05, 0.1) is 5.69 Å². The third-order valence-electron chi connectivity index (χ3n) is 4.29. The van der Waals surface area contributed by atoms with E-state index >= 15 is 0 Å². The minimum absolute atomic E-state index is 0.946. The molecule has 1 heterocycles. The second-order valence-electron chi connectivity index (χ2n) is 6.12. The van der Waals surface area contributed by atoms with Gasteiger partial charge in [-0.25, -0.2) is 0 Å². The van der Waals surface area contributed by atoms with E-state index in [1.165, 1.54) is 44.1 Å². The van der Waals surface area contributed by atoms with Gasteiger partial charge >= 0.3 is 0 Å². The van der Waals surface area contributed by atoms with Crippen LogP contribution in [0.5, 0.6) is 0 Å². The summed E-state index contributed by atoms with van der Waals surface area (Å²) in [6.45, 7) is 2.26. The molecule has 0 N–H and O–H groups in total. The van der Waals surface area contributed by atoms with Gasteiger partial charge in [-0.15, -0.1) is 10.2 Å². The van der Waals surface area contributed by atoms with Crippen LogP contribution in [0.25, 0.3) is 16.7 Å². The van der Waals surface area contributed by atoms with Crippen molar-refractivity contribution in [1.29, 1.82) is 0 Å². The Kier molecular flexibility index (Phi) is 5.41. The molecule has 0 radical (unpaired) electrons. The highest BCUT2D eigenvalue weighted by Crippen LogP contribution is 2.18. The van der Waals surface area contributed by atoms with E-state index in [0.717, 1.165) is 23.1 Å². The molecule has 23 heavy (non-hydrogen) atoms. The number of hydrogen-bond acceptors (Lipinski definition) is 2. The zero-order chi connectivity index (χ0) is 15.9. The van der Waals surface area contributed by atoms with Crippen LogP contribution in [0.15, 0.2) is 48.5 Å². The van der Waals surface area contributed by atoms with Crippen LogP contribution in [0.2, 0.25) is 0 Å². The van der Waals surface area contributed by atoms with Gasteiger partial charge in [-0.2, -0.15) is 4.80 Å². The molecular formula is C20H25N3. The molecule has 0 atom stereocenters. The molecule has 0 spiro atoms. The minimum Gasteiger partial charge on any atom is -0.150 e. The van der Waals surface area contributed by atoms with Gasteiger partial charge in [-0.05, 0) is 36.6 Å². The Labute approximate surface area is 138 Å². The van der Waals surface area contributed by atoms with E-state index in [1.807, 2.05) is 24.3 Å². The summed E-state index contributed by atoms with van der Waals surface area (Å²) in [7, 11) is 0. The zero-order valence-electron chi connectivity index (χ0n) is 13.9. The molecule has 120 valence electrons. The fourth-order valence-corrected chi connectivity index (χ4v) is 2.98. The first-order valence-electron chi connectivity index (χ1n) is 8.79. The molecule has 3 nitrogen and oxygen atoms in total. The summed E-state index contributed by atoms with van der Waals surface area (Å²) in [4.78, 5) is 1.79. The Bertz CT molecular complexity index is 712. The standard InChI is InChI=1S/C20H25N3/c1-2-3-4-5-6-7-12-17-13-8-11-16-20(17)23-21-18-14-9-10-15-19(18)22-23/h8-11,13-16H,2-7,12H2,1H3. The minimum atomic E-state index is 0.946. The van der Waals surface area contributed by atoms with Crippen molar-refractivity contribution in [3.63, 3.8) is 0 Å². The normalized spacial score (nSPS) is 11.2. The molecule has 1 aromatic heterocycles. The predicted octanol–water partition coefficient (Wildman–Crippen LogP) is 5.32. The summed E-state index contributed by atoms with van der Waals surface area (Å²) in [5.74, 6) is 0. The number of fused-ring (bicyclic) bond motifs is 1. The lowest BCUT2D eigenvalue weighted by Crippen LogP contribution is -2.03. The van der Waals surface area contributed by atoms with E-state index in [9.17, 15) is 0 Å². The Hall–Kier alpha value is -2.16. The van der Waals surface area contributed by atoms with Crippen LogP contribution < -0.4 is 0 Å². The van der Waals surface area contributed by atoms with E-state index in [1.54, 1.807) is 4.80 Å². The predicted molar refractivity (Wildman–Crippen MR) is 95.9 cm³/mol. The van der Waals surface area contributed by atoms with Gasteiger partial charge in [0.15, 0.2) is 0 Å². The van der Waals surface area contributed by atoms with Crippen molar-refractivity contribution in [3.8, 4) is 5.69 Å². The lowest BCUT2D eigenvalue weighted by atomic mass is 10.0. The molecule has 2 aromatic carbocycles. The van der Waals surface area contributed by atoms with Gasteiger partial charge < -0.3 is 0 Å². The summed E-state index contributed by atoms with van der Waals surface area (Å²) in [5.41, 5.74) is 4.34. The first-order chi connectivity index (χ1) is 11.4. The number of benzene rings is 2. The Morgan fingerprint density at radius 3 is 2.09 bits per heavy atom. The molecule has 0 aliphatic rings.